The summed E-state index contributed by atoms with van der Waals surface area (Å²) in [6.45, 7) is 3.56. The Morgan fingerprint density at radius 3 is 2.76 bits per heavy atom. The van der Waals surface area contributed by atoms with Gasteiger partial charge in [-0.05, 0) is 32.2 Å². The Bertz CT molecular complexity index is 764. The summed E-state index contributed by atoms with van der Waals surface area (Å²) >= 11 is 0. The number of aromatic nitrogens is 1. The molecule has 0 aliphatic heterocycles. The highest BCUT2D eigenvalue weighted by atomic mass is 16.3. The summed E-state index contributed by atoms with van der Waals surface area (Å²) in [5.74, 6) is 0.966. The average molecular weight is 281 g/mol. The number of fused-ring (bicyclic) bond motifs is 1. The molecule has 0 saturated heterocycles. The topological polar surface area (TPSA) is 55.3 Å². The van der Waals surface area contributed by atoms with Crippen molar-refractivity contribution in [1.82, 2.24) is 9.88 Å². The highest BCUT2D eigenvalue weighted by Gasteiger charge is 2.09. The van der Waals surface area contributed by atoms with Crippen LogP contribution in [0.4, 0.5) is 5.69 Å². The van der Waals surface area contributed by atoms with E-state index < -0.39 is 0 Å². The van der Waals surface area contributed by atoms with Gasteiger partial charge in [0.1, 0.15) is 5.76 Å². The molecule has 0 spiro atoms. The fraction of sp³-hybridized carbons (Fsp3) is 0.235. The van der Waals surface area contributed by atoms with Gasteiger partial charge in [-0.1, -0.05) is 18.2 Å². The van der Waals surface area contributed by atoms with Gasteiger partial charge in [-0.2, -0.15) is 0 Å². The lowest BCUT2D eigenvalue weighted by Gasteiger charge is -2.16. The van der Waals surface area contributed by atoms with Gasteiger partial charge in [-0.3, -0.25) is 9.88 Å². The Morgan fingerprint density at radius 1 is 1.19 bits per heavy atom. The summed E-state index contributed by atoms with van der Waals surface area (Å²) in [6.07, 6.45) is 1.73. The minimum atomic E-state index is 0.750. The Kier molecular flexibility index (Phi) is 3.62. The van der Waals surface area contributed by atoms with Crippen LogP contribution in [0.1, 0.15) is 17.0 Å². The predicted molar refractivity (Wildman–Crippen MR) is 84.8 cm³/mol. The van der Waals surface area contributed by atoms with Crippen molar-refractivity contribution in [3.05, 3.63) is 59.7 Å². The fourth-order valence-corrected chi connectivity index (χ4v) is 2.54. The molecule has 0 atom stereocenters. The zero-order valence-corrected chi connectivity index (χ0v) is 12.3. The number of benzene rings is 1. The monoisotopic (exact) mass is 281 g/mol. The number of nitrogen functional groups attached to an aromatic ring is 1. The zero-order valence-electron chi connectivity index (χ0n) is 12.3. The molecule has 0 radical (unpaired) electrons. The molecular weight excluding hydrogens is 262 g/mol. The van der Waals surface area contributed by atoms with E-state index in [9.17, 15) is 0 Å². The second kappa shape index (κ2) is 5.58. The van der Waals surface area contributed by atoms with E-state index in [1.807, 2.05) is 43.3 Å². The average Bonchev–Trinajstić information content (AvgIpc) is 2.84. The number of nitrogens with zero attached hydrogens (tertiary/aromatic N) is 2. The largest absolute Gasteiger partial charge is 0.469 e. The van der Waals surface area contributed by atoms with Crippen LogP contribution in [0, 0.1) is 6.92 Å². The Morgan fingerprint density at radius 2 is 2.00 bits per heavy atom. The van der Waals surface area contributed by atoms with Crippen LogP contribution in [-0.2, 0) is 13.1 Å². The maximum absolute atomic E-state index is 6.12. The van der Waals surface area contributed by atoms with Crippen LogP contribution in [0.2, 0.25) is 0 Å². The lowest BCUT2D eigenvalue weighted by molar-refractivity contribution is 0.313. The van der Waals surface area contributed by atoms with E-state index >= 15 is 0 Å². The normalized spacial score (nSPS) is 11.4. The molecular formula is C17H19N3O. The molecule has 0 bridgehead atoms. The highest BCUT2D eigenvalue weighted by molar-refractivity contribution is 5.90. The van der Waals surface area contributed by atoms with Crippen molar-refractivity contribution in [2.45, 2.75) is 20.0 Å². The summed E-state index contributed by atoms with van der Waals surface area (Å²) in [4.78, 5) is 6.89. The lowest BCUT2D eigenvalue weighted by Crippen LogP contribution is -2.18. The zero-order chi connectivity index (χ0) is 14.8. The maximum Gasteiger partial charge on any atom is 0.105 e. The standard InChI is InChI=1S/C17H19N3O/c1-12-13(7-8-21-12)10-20(2)11-14-9-16(18)15-5-3-4-6-17(15)19-14/h3-9H,10-11H2,1-2H3,(H2,18,19). The number of hydrogen-bond donors (Lipinski definition) is 1. The molecule has 4 nitrogen and oxygen atoms in total. The van der Waals surface area contributed by atoms with E-state index in [4.69, 9.17) is 10.2 Å². The van der Waals surface area contributed by atoms with Crippen molar-refractivity contribution in [3.63, 3.8) is 0 Å². The van der Waals surface area contributed by atoms with Crippen LogP contribution in [0.15, 0.2) is 47.1 Å². The van der Waals surface area contributed by atoms with E-state index in [0.717, 1.165) is 41.1 Å². The number of anilines is 1. The number of aryl methyl sites for hydroxylation is 1. The van der Waals surface area contributed by atoms with Crippen molar-refractivity contribution in [3.8, 4) is 0 Å². The first-order valence-corrected chi connectivity index (χ1v) is 6.99. The molecule has 3 rings (SSSR count). The number of nitrogens with two attached hydrogens (primary N) is 1. The quantitative estimate of drug-likeness (QED) is 0.796. The molecule has 0 saturated carbocycles. The van der Waals surface area contributed by atoms with E-state index in [0.29, 0.717) is 0 Å². The van der Waals surface area contributed by atoms with Gasteiger partial charge in [0, 0.05) is 29.7 Å². The summed E-state index contributed by atoms with van der Waals surface area (Å²) in [5.41, 5.74) is 10.0. The summed E-state index contributed by atoms with van der Waals surface area (Å²) in [5, 5.41) is 1.01. The number of hydrogen-bond acceptors (Lipinski definition) is 4. The first kappa shape index (κ1) is 13.6. The highest BCUT2D eigenvalue weighted by Crippen LogP contribution is 2.21. The molecule has 21 heavy (non-hydrogen) atoms. The smallest absolute Gasteiger partial charge is 0.105 e. The fourth-order valence-electron chi connectivity index (χ4n) is 2.54. The van der Waals surface area contributed by atoms with E-state index in [-0.39, 0.29) is 0 Å². The van der Waals surface area contributed by atoms with Gasteiger partial charge in [0.25, 0.3) is 0 Å². The molecule has 3 aromatic rings. The SMILES string of the molecule is Cc1occc1CN(C)Cc1cc(N)c2ccccc2n1. The van der Waals surface area contributed by atoms with Crippen LogP contribution < -0.4 is 5.73 Å². The second-order valence-corrected chi connectivity index (χ2v) is 5.39. The van der Waals surface area contributed by atoms with Crippen LogP contribution >= 0.6 is 0 Å². The molecule has 0 unspecified atom stereocenters. The van der Waals surface area contributed by atoms with Gasteiger partial charge in [-0.25, -0.2) is 0 Å². The molecule has 2 heterocycles. The predicted octanol–water partition coefficient (Wildman–Crippen LogP) is 3.35. The van der Waals surface area contributed by atoms with Gasteiger partial charge in [0.15, 0.2) is 0 Å². The van der Waals surface area contributed by atoms with Gasteiger partial charge in [0.05, 0.1) is 17.5 Å². The van der Waals surface area contributed by atoms with Crippen molar-refractivity contribution >= 4 is 16.6 Å². The molecule has 1 aromatic carbocycles. The van der Waals surface area contributed by atoms with Gasteiger partial charge >= 0.3 is 0 Å². The Labute approximate surface area is 124 Å². The molecule has 2 aromatic heterocycles. The molecule has 0 amide bonds. The molecule has 0 aliphatic rings. The van der Waals surface area contributed by atoms with Crippen LogP contribution in [-0.4, -0.2) is 16.9 Å². The summed E-state index contributed by atoms with van der Waals surface area (Å²) in [7, 11) is 2.07. The van der Waals surface area contributed by atoms with Crippen molar-refractivity contribution in [1.29, 1.82) is 0 Å². The number of rotatable bonds is 4. The number of para-hydroxylation sites is 1. The maximum atomic E-state index is 6.12. The Hall–Kier alpha value is -2.33. The van der Waals surface area contributed by atoms with Gasteiger partial charge < -0.3 is 10.2 Å². The summed E-state index contributed by atoms with van der Waals surface area (Å²) in [6, 6.07) is 11.9. The minimum Gasteiger partial charge on any atom is -0.469 e. The third kappa shape index (κ3) is 2.90. The number of pyridine rings is 1. The third-order valence-electron chi connectivity index (χ3n) is 3.64. The molecule has 0 aliphatic carbocycles. The van der Waals surface area contributed by atoms with E-state index in [2.05, 4.69) is 16.9 Å². The molecule has 4 heteroatoms. The van der Waals surface area contributed by atoms with Gasteiger partial charge in [-0.15, -0.1) is 0 Å². The van der Waals surface area contributed by atoms with E-state index in [1.165, 1.54) is 5.56 Å². The van der Waals surface area contributed by atoms with Crippen LogP contribution in [0.5, 0.6) is 0 Å². The van der Waals surface area contributed by atoms with Crippen molar-refractivity contribution in [2.75, 3.05) is 12.8 Å². The summed E-state index contributed by atoms with van der Waals surface area (Å²) < 4.78 is 5.33. The van der Waals surface area contributed by atoms with Crippen LogP contribution in [0.25, 0.3) is 10.9 Å². The minimum absolute atomic E-state index is 0.750. The van der Waals surface area contributed by atoms with Gasteiger partial charge in [0.2, 0.25) is 0 Å². The Balaban J connectivity index is 1.80. The third-order valence-corrected chi connectivity index (χ3v) is 3.64. The molecule has 2 N–H and O–H groups in total. The van der Waals surface area contributed by atoms with Crippen LogP contribution in [0.3, 0.4) is 0 Å². The first-order chi connectivity index (χ1) is 10.1. The molecule has 0 fully saturated rings. The lowest BCUT2D eigenvalue weighted by atomic mass is 10.1. The molecule has 108 valence electrons. The first-order valence-electron chi connectivity index (χ1n) is 6.99. The number of furan rings is 1. The van der Waals surface area contributed by atoms with E-state index in [1.54, 1.807) is 6.26 Å². The van der Waals surface area contributed by atoms with Crippen molar-refractivity contribution in [2.24, 2.45) is 0 Å². The van der Waals surface area contributed by atoms with Crippen molar-refractivity contribution < 1.29 is 4.42 Å². The second-order valence-electron chi connectivity index (χ2n) is 5.39.